The molecule has 1 aromatic heterocycles. The van der Waals surface area contributed by atoms with Gasteiger partial charge in [0.2, 0.25) is 0 Å². The average molecular weight is 353 g/mol. The lowest BCUT2D eigenvalue weighted by Gasteiger charge is -2.09. The number of nitrogens with zero attached hydrogens (tertiary/aromatic N) is 1. The van der Waals surface area contributed by atoms with Crippen LogP contribution in [0, 0.1) is 25.5 Å². The quantitative estimate of drug-likeness (QED) is 0.696. The molecule has 0 aliphatic carbocycles. The van der Waals surface area contributed by atoms with Crippen LogP contribution in [0.4, 0.5) is 26.0 Å². The third-order valence-electron chi connectivity index (χ3n) is 3.98. The van der Waals surface area contributed by atoms with Crippen LogP contribution < -0.4 is 10.6 Å². The average Bonchev–Trinajstić information content (AvgIpc) is 2.61. The summed E-state index contributed by atoms with van der Waals surface area (Å²) in [6.07, 6.45) is 1.46. The Labute approximate surface area is 149 Å². The summed E-state index contributed by atoms with van der Waals surface area (Å²) in [5.74, 6) is -1.22. The smallest absolute Gasteiger partial charge is 0.255 e. The van der Waals surface area contributed by atoms with E-state index in [9.17, 15) is 13.6 Å². The molecular weight excluding hydrogens is 336 g/mol. The van der Waals surface area contributed by atoms with Crippen molar-refractivity contribution in [3.05, 3.63) is 83.1 Å². The normalized spacial score (nSPS) is 10.5. The maximum absolute atomic E-state index is 13.6. The molecule has 0 spiro atoms. The Morgan fingerprint density at radius 2 is 1.77 bits per heavy atom. The van der Waals surface area contributed by atoms with E-state index in [0.717, 1.165) is 23.3 Å². The maximum Gasteiger partial charge on any atom is 0.255 e. The number of carbonyl (C=O) groups excluding carboxylic acids is 1. The Morgan fingerprint density at radius 3 is 2.42 bits per heavy atom. The van der Waals surface area contributed by atoms with Crippen LogP contribution in [0.3, 0.4) is 0 Å². The predicted octanol–water partition coefficient (Wildman–Crippen LogP) is 4.97. The van der Waals surface area contributed by atoms with E-state index in [1.165, 1.54) is 12.3 Å². The van der Waals surface area contributed by atoms with E-state index in [-0.39, 0.29) is 11.6 Å². The SMILES string of the molecule is Cc1ccc(C(=O)Nc2ccc(Nc3ccc(F)cc3F)nc2)cc1C. The summed E-state index contributed by atoms with van der Waals surface area (Å²) in [5, 5.41) is 5.52. The van der Waals surface area contributed by atoms with Crippen LogP contribution in [0.25, 0.3) is 0 Å². The summed E-state index contributed by atoms with van der Waals surface area (Å²) in [6, 6.07) is 12.0. The first-order valence-electron chi connectivity index (χ1n) is 7.99. The molecule has 0 unspecified atom stereocenters. The number of anilines is 3. The van der Waals surface area contributed by atoms with Crippen LogP contribution in [0.2, 0.25) is 0 Å². The van der Waals surface area contributed by atoms with Crippen molar-refractivity contribution in [1.29, 1.82) is 0 Å². The van der Waals surface area contributed by atoms with Gasteiger partial charge in [-0.05, 0) is 61.4 Å². The highest BCUT2D eigenvalue weighted by atomic mass is 19.1. The summed E-state index contributed by atoms with van der Waals surface area (Å²) in [6.45, 7) is 3.93. The van der Waals surface area contributed by atoms with Gasteiger partial charge in [0, 0.05) is 11.6 Å². The number of hydrogen-bond acceptors (Lipinski definition) is 3. The zero-order valence-electron chi connectivity index (χ0n) is 14.3. The van der Waals surface area contributed by atoms with Crippen molar-refractivity contribution in [2.45, 2.75) is 13.8 Å². The summed E-state index contributed by atoms with van der Waals surface area (Å²) in [5.41, 5.74) is 3.34. The molecule has 4 nitrogen and oxygen atoms in total. The van der Waals surface area contributed by atoms with Crippen molar-refractivity contribution in [3.63, 3.8) is 0 Å². The number of amides is 1. The number of pyridine rings is 1. The summed E-state index contributed by atoms with van der Waals surface area (Å²) in [4.78, 5) is 16.4. The fourth-order valence-corrected chi connectivity index (χ4v) is 2.36. The lowest BCUT2D eigenvalue weighted by atomic mass is 10.1. The minimum absolute atomic E-state index is 0.116. The fraction of sp³-hybridized carbons (Fsp3) is 0.100. The van der Waals surface area contributed by atoms with Crippen LogP contribution in [-0.2, 0) is 0 Å². The molecule has 2 aromatic carbocycles. The molecule has 0 aliphatic heterocycles. The van der Waals surface area contributed by atoms with E-state index in [4.69, 9.17) is 0 Å². The molecule has 0 atom stereocenters. The molecule has 0 fully saturated rings. The maximum atomic E-state index is 13.6. The molecule has 6 heteroatoms. The monoisotopic (exact) mass is 353 g/mol. The van der Waals surface area contributed by atoms with Gasteiger partial charge < -0.3 is 10.6 Å². The minimum atomic E-state index is -0.709. The highest BCUT2D eigenvalue weighted by Gasteiger charge is 2.08. The Kier molecular flexibility index (Phi) is 4.93. The van der Waals surface area contributed by atoms with E-state index in [0.29, 0.717) is 17.1 Å². The first kappa shape index (κ1) is 17.5. The lowest BCUT2D eigenvalue weighted by molar-refractivity contribution is 0.102. The molecule has 0 radical (unpaired) electrons. The second kappa shape index (κ2) is 7.31. The standard InChI is InChI=1S/C20H17F2N3O/c1-12-3-4-14(9-13(12)2)20(26)24-16-6-8-19(23-11-16)25-18-7-5-15(21)10-17(18)22/h3-11H,1-2H3,(H,23,25)(H,24,26). The number of aromatic nitrogens is 1. The summed E-state index contributed by atoms with van der Waals surface area (Å²) in [7, 11) is 0. The predicted molar refractivity (Wildman–Crippen MR) is 97.7 cm³/mol. The third-order valence-corrected chi connectivity index (χ3v) is 3.98. The Hall–Kier alpha value is -3.28. The highest BCUT2D eigenvalue weighted by molar-refractivity contribution is 6.04. The van der Waals surface area contributed by atoms with Gasteiger partial charge in [-0.3, -0.25) is 4.79 Å². The van der Waals surface area contributed by atoms with Crippen LogP contribution >= 0.6 is 0 Å². The number of nitrogens with one attached hydrogen (secondary N) is 2. The molecule has 0 bridgehead atoms. The third kappa shape index (κ3) is 4.03. The minimum Gasteiger partial charge on any atom is -0.338 e. The molecule has 3 rings (SSSR count). The molecule has 26 heavy (non-hydrogen) atoms. The van der Waals surface area contributed by atoms with Gasteiger partial charge in [-0.25, -0.2) is 13.8 Å². The van der Waals surface area contributed by atoms with Crippen LogP contribution in [0.1, 0.15) is 21.5 Å². The molecule has 2 N–H and O–H groups in total. The molecule has 1 heterocycles. The topological polar surface area (TPSA) is 54.0 Å². The van der Waals surface area contributed by atoms with Crippen LogP contribution in [0.5, 0.6) is 0 Å². The number of rotatable bonds is 4. The number of aryl methyl sites for hydroxylation is 2. The van der Waals surface area contributed by atoms with E-state index in [1.807, 2.05) is 26.0 Å². The van der Waals surface area contributed by atoms with Gasteiger partial charge in [0.05, 0.1) is 17.6 Å². The molecule has 1 amide bonds. The van der Waals surface area contributed by atoms with Gasteiger partial charge in [-0.2, -0.15) is 0 Å². The largest absolute Gasteiger partial charge is 0.338 e. The first-order chi connectivity index (χ1) is 12.4. The van der Waals surface area contributed by atoms with E-state index < -0.39 is 11.6 Å². The van der Waals surface area contributed by atoms with Gasteiger partial charge in [-0.15, -0.1) is 0 Å². The molecule has 132 valence electrons. The first-order valence-corrected chi connectivity index (χ1v) is 7.99. The number of carbonyl (C=O) groups is 1. The summed E-state index contributed by atoms with van der Waals surface area (Å²) < 4.78 is 26.6. The second-order valence-electron chi connectivity index (χ2n) is 5.93. The van der Waals surface area contributed by atoms with E-state index in [2.05, 4.69) is 15.6 Å². The van der Waals surface area contributed by atoms with Crippen molar-refractivity contribution in [1.82, 2.24) is 4.98 Å². The van der Waals surface area contributed by atoms with Crippen molar-refractivity contribution < 1.29 is 13.6 Å². The van der Waals surface area contributed by atoms with Gasteiger partial charge in [0.15, 0.2) is 0 Å². The van der Waals surface area contributed by atoms with Gasteiger partial charge in [0.1, 0.15) is 17.5 Å². The molecular formula is C20H17F2N3O. The zero-order valence-corrected chi connectivity index (χ0v) is 14.3. The van der Waals surface area contributed by atoms with Gasteiger partial charge in [0.25, 0.3) is 5.91 Å². The Bertz CT molecular complexity index is 956. The number of halogens is 2. The summed E-state index contributed by atoms with van der Waals surface area (Å²) >= 11 is 0. The zero-order chi connectivity index (χ0) is 18.7. The van der Waals surface area contributed by atoms with E-state index in [1.54, 1.807) is 18.2 Å². The molecule has 0 aliphatic rings. The molecule has 0 saturated carbocycles. The molecule has 3 aromatic rings. The second-order valence-corrected chi connectivity index (χ2v) is 5.93. The van der Waals surface area contributed by atoms with Crippen molar-refractivity contribution in [2.24, 2.45) is 0 Å². The lowest BCUT2D eigenvalue weighted by Crippen LogP contribution is -2.12. The molecule has 0 saturated heterocycles. The fourth-order valence-electron chi connectivity index (χ4n) is 2.36. The van der Waals surface area contributed by atoms with Gasteiger partial charge >= 0.3 is 0 Å². The van der Waals surface area contributed by atoms with Crippen LogP contribution in [0.15, 0.2) is 54.7 Å². The van der Waals surface area contributed by atoms with Crippen molar-refractivity contribution in [2.75, 3.05) is 10.6 Å². The Morgan fingerprint density at radius 1 is 0.962 bits per heavy atom. The van der Waals surface area contributed by atoms with Crippen LogP contribution in [-0.4, -0.2) is 10.9 Å². The highest BCUT2D eigenvalue weighted by Crippen LogP contribution is 2.20. The van der Waals surface area contributed by atoms with Gasteiger partial charge in [-0.1, -0.05) is 6.07 Å². The van der Waals surface area contributed by atoms with Crippen molar-refractivity contribution in [3.8, 4) is 0 Å². The number of hydrogen-bond donors (Lipinski definition) is 2. The Balaban J connectivity index is 1.69. The van der Waals surface area contributed by atoms with E-state index >= 15 is 0 Å². The number of benzene rings is 2. The van der Waals surface area contributed by atoms with Crippen molar-refractivity contribution >= 4 is 23.1 Å².